The summed E-state index contributed by atoms with van der Waals surface area (Å²) in [5.74, 6) is 3.45. The number of ether oxygens (including phenoxy) is 1. The Hall–Kier alpha value is -2.62. The predicted molar refractivity (Wildman–Crippen MR) is 83.9 cm³/mol. The topological polar surface area (TPSA) is 114 Å². The number of hydrogen-bond donors (Lipinski definition) is 4. The van der Waals surface area contributed by atoms with Crippen LogP contribution in [0.3, 0.4) is 0 Å². The summed E-state index contributed by atoms with van der Waals surface area (Å²) >= 11 is 0. The fraction of sp³-hybridized carbons (Fsp3) is 0.400. The smallest absolute Gasteiger partial charge is 0.416 e. The number of carboxylic acid groups (broad SMARTS) is 1. The minimum absolute atomic E-state index is 0.298. The number of hydrazine groups is 1. The lowest BCUT2D eigenvalue weighted by molar-refractivity contribution is -0.137. The number of nitrogens with one attached hydrogen (secondary N) is 1. The van der Waals surface area contributed by atoms with Crippen LogP contribution in [0.2, 0.25) is 0 Å². The molecule has 0 aromatic heterocycles. The Morgan fingerprint density at radius 1 is 1.24 bits per heavy atom. The van der Waals surface area contributed by atoms with Gasteiger partial charge in [-0.05, 0) is 24.3 Å². The molecule has 2 rings (SSSR count). The minimum atomic E-state index is -4.36. The average molecular weight is 360 g/mol. The lowest BCUT2D eigenvalue weighted by atomic mass is 10.1. The third-order valence-corrected chi connectivity index (χ3v) is 3.90. The molecule has 1 saturated heterocycles. The fourth-order valence-corrected chi connectivity index (χ4v) is 2.57. The van der Waals surface area contributed by atoms with Gasteiger partial charge in [0, 0.05) is 31.6 Å². The van der Waals surface area contributed by atoms with E-state index in [9.17, 15) is 18.0 Å². The van der Waals surface area contributed by atoms with Crippen molar-refractivity contribution in [3.63, 3.8) is 0 Å². The summed E-state index contributed by atoms with van der Waals surface area (Å²) in [7, 11) is 0. The molecule has 1 heterocycles. The molecule has 1 fully saturated rings. The van der Waals surface area contributed by atoms with Gasteiger partial charge >= 0.3 is 12.1 Å². The quantitative estimate of drug-likeness (QED) is 0.271. The maximum Gasteiger partial charge on any atom is 0.416 e. The van der Waals surface area contributed by atoms with Crippen molar-refractivity contribution in [1.82, 2.24) is 5.43 Å². The number of piperidine rings is 1. The highest BCUT2D eigenvalue weighted by Crippen LogP contribution is 2.31. The molecule has 7 nitrogen and oxygen atoms in total. The first-order valence-corrected chi connectivity index (χ1v) is 7.51. The third kappa shape index (κ3) is 4.69. The maximum absolute atomic E-state index is 12.6. The van der Waals surface area contributed by atoms with Crippen LogP contribution in [-0.2, 0) is 15.7 Å². The molecule has 6 N–H and O–H groups in total. The number of carbonyl (C=O) groups is 1. The minimum Gasteiger partial charge on any atom is -0.476 e. The predicted octanol–water partition coefficient (Wildman–Crippen LogP) is 1.37. The van der Waals surface area contributed by atoms with Crippen molar-refractivity contribution in [1.29, 1.82) is 0 Å². The van der Waals surface area contributed by atoms with Gasteiger partial charge in [-0.25, -0.2) is 4.79 Å². The van der Waals surface area contributed by atoms with Gasteiger partial charge < -0.3 is 25.9 Å². The van der Waals surface area contributed by atoms with Crippen molar-refractivity contribution in [2.45, 2.75) is 25.1 Å². The summed E-state index contributed by atoms with van der Waals surface area (Å²) in [4.78, 5) is 12.8. The molecule has 1 aromatic rings. The van der Waals surface area contributed by atoms with Gasteiger partial charge in [0.1, 0.15) is 6.10 Å². The summed E-state index contributed by atoms with van der Waals surface area (Å²) in [6.45, 7) is 1.09. The second-order valence-corrected chi connectivity index (χ2v) is 5.54. The van der Waals surface area contributed by atoms with Crippen LogP contribution in [0.15, 0.2) is 35.8 Å². The highest BCUT2D eigenvalue weighted by molar-refractivity contribution is 5.86. The maximum atomic E-state index is 12.6. The van der Waals surface area contributed by atoms with Crippen molar-refractivity contribution >= 4 is 11.7 Å². The molecule has 0 amide bonds. The molecule has 0 radical (unpaired) electrons. The van der Waals surface area contributed by atoms with Crippen LogP contribution >= 0.6 is 0 Å². The Labute approximate surface area is 142 Å². The Balaban J connectivity index is 1.94. The van der Waals surface area contributed by atoms with Gasteiger partial charge in [-0.3, -0.25) is 5.84 Å². The second-order valence-electron chi connectivity index (χ2n) is 5.54. The number of anilines is 1. The molecule has 25 heavy (non-hydrogen) atoms. The Morgan fingerprint density at radius 2 is 1.80 bits per heavy atom. The molecule has 0 bridgehead atoms. The largest absolute Gasteiger partial charge is 0.476 e. The van der Waals surface area contributed by atoms with Crippen LogP contribution in [-0.4, -0.2) is 30.3 Å². The summed E-state index contributed by atoms with van der Waals surface area (Å²) < 4.78 is 43.2. The van der Waals surface area contributed by atoms with Crippen molar-refractivity contribution in [3.05, 3.63) is 41.4 Å². The number of nitrogens with zero attached hydrogens (tertiary/aromatic N) is 1. The number of halogens is 3. The van der Waals surface area contributed by atoms with Gasteiger partial charge in [0.05, 0.1) is 5.56 Å². The van der Waals surface area contributed by atoms with Crippen LogP contribution in [0.5, 0.6) is 0 Å². The lowest BCUT2D eigenvalue weighted by Gasteiger charge is -2.34. The zero-order valence-corrected chi connectivity index (χ0v) is 13.2. The van der Waals surface area contributed by atoms with E-state index in [0.29, 0.717) is 31.6 Å². The van der Waals surface area contributed by atoms with Crippen LogP contribution < -0.4 is 21.9 Å². The van der Waals surface area contributed by atoms with Gasteiger partial charge in [0.2, 0.25) is 5.88 Å². The number of alkyl halides is 3. The highest BCUT2D eigenvalue weighted by atomic mass is 19.4. The first-order chi connectivity index (χ1) is 11.7. The van der Waals surface area contributed by atoms with E-state index in [1.807, 2.05) is 10.3 Å². The van der Waals surface area contributed by atoms with E-state index in [1.165, 1.54) is 12.1 Å². The number of benzene rings is 1. The van der Waals surface area contributed by atoms with Crippen LogP contribution in [0.4, 0.5) is 18.9 Å². The molecule has 1 aromatic carbocycles. The van der Waals surface area contributed by atoms with Gasteiger partial charge in [0.25, 0.3) is 0 Å². The third-order valence-electron chi connectivity index (χ3n) is 3.90. The number of nitrogens with two attached hydrogens (primary N) is 2. The van der Waals surface area contributed by atoms with E-state index in [0.717, 1.165) is 12.1 Å². The average Bonchev–Trinajstić information content (AvgIpc) is 2.55. The van der Waals surface area contributed by atoms with E-state index >= 15 is 0 Å². The number of rotatable bonds is 5. The van der Waals surface area contributed by atoms with Crippen molar-refractivity contribution < 1.29 is 27.8 Å². The first-order valence-electron chi connectivity index (χ1n) is 7.51. The Bertz CT molecular complexity index is 638. The first kappa shape index (κ1) is 18.7. The summed E-state index contributed by atoms with van der Waals surface area (Å²) in [5, 5.41) is 8.89. The molecular weight excluding hydrogens is 341 g/mol. The van der Waals surface area contributed by atoms with Crippen LogP contribution in [0.25, 0.3) is 0 Å². The molecular formula is C15H19F3N4O3. The monoisotopic (exact) mass is 360 g/mol. The second kappa shape index (κ2) is 7.51. The van der Waals surface area contributed by atoms with Gasteiger partial charge in [-0.1, -0.05) is 0 Å². The number of carboxylic acids is 1. The normalized spacial score (nSPS) is 17.0. The molecule has 0 atom stereocenters. The van der Waals surface area contributed by atoms with E-state index in [4.69, 9.17) is 21.4 Å². The number of hydrogen-bond acceptors (Lipinski definition) is 6. The van der Waals surface area contributed by atoms with E-state index < -0.39 is 23.4 Å². The van der Waals surface area contributed by atoms with Gasteiger partial charge in [-0.15, -0.1) is 0 Å². The zero-order valence-electron chi connectivity index (χ0n) is 13.2. The molecule has 138 valence electrons. The van der Waals surface area contributed by atoms with Crippen molar-refractivity contribution in [2.24, 2.45) is 11.6 Å². The molecule has 0 spiro atoms. The van der Waals surface area contributed by atoms with Crippen LogP contribution in [0, 0.1) is 0 Å². The van der Waals surface area contributed by atoms with E-state index in [1.54, 1.807) is 0 Å². The number of aliphatic carboxylic acids is 1. The van der Waals surface area contributed by atoms with Gasteiger partial charge in [0.15, 0.2) is 5.70 Å². The van der Waals surface area contributed by atoms with Gasteiger partial charge in [-0.2, -0.15) is 13.2 Å². The Kier molecular flexibility index (Phi) is 5.62. The molecule has 10 heteroatoms. The standard InChI is InChI=1S/C15H19F3N4O3/c16-15(17,18)9-1-3-10(4-2-9)22-7-5-11(6-8-22)25-13(19)12(21-20)14(23)24/h1-4,11,21H,5-8,19-20H2,(H,23,24)/b13-12+. The molecule has 1 aliphatic rings. The van der Waals surface area contributed by atoms with E-state index in [-0.39, 0.29) is 12.0 Å². The molecule has 0 aliphatic carbocycles. The summed E-state index contributed by atoms with van der Waals surface area (Å²) in [6, 6.07) is 4.95. The Morgan fingerprint density at radius 3 is 2.24 bits per heavy atom. The molecule has 0 unspecified atom stereocenters. The van der Waals surface area contributed by atoms with Crippen molar-refractivity contribution in [3.8, 4) is 0 Å². The summed E-state index contributed by atoms with van der Waals surface area (Å²) in [6.07, 6.45) is -3.58. The summed E-state index contributed by atoms with van der Waals surface area (Å²) in [5.41, 5.74) is 7.12. The lowest BCUT2D eigenvalue weighted by Crippen LogP contribution is -2.38. The van der Waals surface area contributed by atoms with E-state index in [2.05, 4.69) is 0 Å². The van der Waals surface area contributed by atoms with Crippen LogP contribution in [0.1, 0.15) is 18.4 Å². The SMILES string of the molecule is NN/C(C(=O)O)=C(\N)OC1CCN(c2ccc(C(F)(F)F)cc2)CC1. The highest BCUT2D eigenvalue weighted by Gasteiger charge is 2.30. The fourth-order valence-electron chi connectivity index (χ4n) is 2.57. The zero-order chi connectivity index (χ0) is 18.6. The molecule has 1 aliphatic heterocycles. The van der Waals surface area contributed by atoms with Crippen molar-refractivity contribution in [2.75, 3.05) is 18.0 Å². The molecule has 0 saturated carbocycles.